The number of hydrogen-bond acceptors (Lipinski definition) is 5. The largest absolute Gasteiger partial charge is 0.370 e. The van der Waals surface area contributed by atoms with Crippen molar-refractivity contribution in [1.82, 2.24) is 9.88 Å². The summed E-state index contributed by atoms with van der Waals surface area (Å²) in [6.07, 6.45) is 4.03. The molecule has 1 amide bonds. The van der Waals surface area contributed by atoms with Gasteiger partial charge in [0.25, 0.3) is 5.91 Å². The summed E-state index contributed by atoms with van der Waals surface area (Å²) in [5, 5.41) is 3.26. The predicted molar refractivity (Wildman–Crippen MR) is 107 cm³/mol. The first-order chi connectivity index (χ1) is 12.9. The molecule has 1 atom stereocenters. The normalized spacial score (nSPS) is 18.2. The van der Waals surface area contributed by atoms with Crippen LogP contribution in [0, 0.1) is 0 Å². The van der Waals surface area contributed by atoms with Crippen LogP contribution in [0.15, 0.2) is 48.7 Å². The maximum atomic E-state index is 12.5. The second-order valence-corrected chi connectivity index (χ2v) is 9.15. The molecule has 1 aromatic carbocycles. The maximum absolute atomic E-state index is 12.5. The molecule has 1 aromatic heterocycles. The molecule has 0 spiro atoms. The highest BCUT2D eigenvalue weighted by Gasteiger charge is 2.33. The molecule has 1 N–H and O–H groups in total. The van der Waals surface area contributed by atoms with Gasteiger partial charge in [-0.25, -0.2) is 13.4 Å². The molecule has 1 fully saturated rings. The van der Waals surface area contributed by atoms with E-state index in [0.29, 0.717) is 12.0 Å². The van der Waals surface area contributed by atoms with Crippen LogP contribution in [0.4, 0.5) is 5.82 Å². The van der Waals surface area contributed by atoms with Gasteiger partial charge in [0.05, 0.1) is 17.1 Å². The van der Waals surface area contributed by atoms with Gasteiger partial charge >= 0.3 is 0 Å². The van der Waals surface area contributed by atoms with Crippen LogP contribution in [0.3, 0.4) is 0 Å². The lowest BCUT2D eigenvalue weighted by molar-refractivity contribution is 0.0747. The minimum atomic E-state index is -3.02. The molecule has 1 aliphatic rings. The van der Waals surface area contributed by atoms with Gasteiger partial charge in [-0.15, -0.1) is 0 Å². The van der Waals surface area contributed by atoms with Crippen LogP contribution >= 0.6 is 0 Å². The Bertz CT molecular complexity index is 867. The van der Waals surface area contributed by atoms with Gasteiger partial charge in [0, 0.05) is 25.8 Å². The second kappa shape index (κ2) is 8.52. The van der Waals surface area contributed by atoms with E-state index in [1.54, 1.807) is 25.4 Å². The third kappa shape index (κ3) is 5.29. The van der Waals surface area contributed by atoms with E-state index >= 15 is 0 Å². The molecule has 0 aliphatic carbocycles. The molecular formula is C20H25N3O3S. The number of hydrogen-bond donors (Lipinski definition) is 1. The van der Waals surface area contributed by atoms with Crippen LogP contribution in [-0.4, -0.2) is 55.3 Å². The lowest BCUT2D eigenvalue weighted by Gasteiger charge is -2.23. The van der Waals surface area contributed by atoms with Crippen LogP contribution in [0.2, 0.25) is 0 Å². The molecule has 1 aliphatic heterocycles. The van der Waals surface area contributed by atoms with Crippen molar-refractivity contribution in [2.75, 3.05) is 30.4 Å². The van der Waals surface area contributed by atoms with E-state index < -0.39 is 9.84 Å². The Morgan fingerprint density at radius 3 is 2.63 bits per heavy atom. The van der Waals surface area contributed by atoms with E-state index in [2.05, 4.69) is 22.4 Å². The van der Waals surface area contributed by atoms with Crippen molar-refractivity contribution >= 4 is 21.6 Å². The van der Waals surface area contributed by atoms with Gasteiger partial charge in [-0.3, -0.25) is 4.79 Å². The molecule has 6 nitrogen and oxygen atoms in total. The molecule has 3 rings (SSSR count). The molecule has 1 unspecified atom stereocenters. The van der Waals surface area contributed by atoms with Crippen LogP contribution in [0.1, 0.15) is 28.8 Å². The van der Waals surface area contributed by atoms with Crippen LogP contribution in [-0.2, 0) is 16.3 Å². The zero-order valence-electron chi connectivity index (χ0n) is 15.5. The fraction of sp³-hybridized carbons (Fsp3) is 0.400. The number of aromatic nitrogens is 1. The second-order valence-electron chi connectivity index (χ2n) is 6.92. The van der Waals surface area contributed by atoms with Crippen LogP contribution < -0.4 is 5.32 Å². The molecule has 144 valence electrons. The van der Waals surface area contributed by atoms with Gasteiger partial charge in [0.15, 0.2) is 9.84 Å². The molecule has 0 bridgehead atoms. The quantitative estimate of drug-likeness (QED) is 0.738. The minimum absolute atomic E-state index is 0.0454. The standard InChI is InChI=1S/C20H25N3O3S/c1-23(18-11-13-27(25,26)15-18)20(24)17-9-10-19(22-14-17)21-12-5-8-16-6-3-2-4-7-16/h2-4,6-7,9-10,14,18H,5,8,11-13,15H2,1H3,(H,21,22). The Labute approximate surface area is 160 Å². The number of anilines is 1. The summed E-state index contributed by atoms with van der Waals surface area (Å²) in [6, 6.07) is 13.6. The fourth-order valence-electron chi connectivity index (χ4n) is 3.23. The minimum Gasteiger partial charge on any atom is -0.370 e. The summed E-state index contributed by atoms with van der Waals surface area (Å²) in [7, 11) is -1.36. The highest BCUT2D eigenvalue weighted by atomic mass is 32.2. The van der Waals surface area contributed by atoms with Gasteiger partial charge in [0.1, 0.15) is 5.82 Å². The third-order valence-electron chi connectivity index (χ3n) is 4.88. The Balaban J connectivity index is 1.48. The zero-order valence-corrected chi connectivity index (χ0v) is 16.3. The number of nitrogens with one attached hydrogen (secondary N) is 1. The van der Waals surface area contributed by atoms with Gasteiger partial charge in [0.2, 0.25) is 0 Å². The first-order valence-corrected chi connectivity index (χ1v) is 11.0. The predicted octanol–water partition coefficient (Wildman–Crippen LogP) is 2.39. The van der Waals surface area contributed by atoms with E-state index in [-0.39, 0.29) is 23.5 Å². The Hall–Kier alpha value is -2.41. The van der Waals surface area contributed by atoms with Crippen LogP contribution in [0.25, 0.3) is 0 Å². The highest BCUT2D eigenvalue weighted by molar-refractivity contribution is 7.91. The van der Waals surface area contributed by atoms with Crippen molar-refractivity contribution in [1.29, 1.82) is 0 Å². The molecular weight excluding hydrogens is 362 g/mol. The number of carbonyl (C=O) groups is 1. The smallest absolute Gasteiger partial charge is 0.255 e. The van der Waals surface area contributed by atoms with Crippen molar-refractivity contribution in [3.63, 3.8) is 0 Å². The number of carbonyl (C=O) groups excluding carboxylic acids is 1. The topological polar surface area (TPSA) is 79.4 Å². The summed E-state index contributed by atoms with van der Waals surface area (Å²) >= 11 is 0. The number of pyridine rings is 1. The van der Waals surface area contributed by atoms with E-state index in [1.807, 2.05) is 18.2 Å². The van der Waals surface area contributed by atoms with Gasteiger partial charge in [-0.1, -0.05) is 30.3 Å². The number of benzene rings is 1. The van der Waals surface area contributed by atoms with Crippen molar-refractivity contribution < 1.29 is 13.2 Å². The Morgan fingerprint density at radius 1 is 1.22 bits per heavy atom. The maximum Gasteiger partial charge on any atom is 0.255 e. The molecule has 0 saturated carbocycles. The summed E-state index contributed by atoms with van der Waals surface area (Å²) in [6.45, 7) is 0.801. The highest BCUT2D eigenvalue weighted by Crippen LogP contribution is 2.18. The van der Waals surface area contributed by atoms with E-state index in [0.717, 1.165) is 25.2 Å². The average molecular weight is 388 g/mol. The summed E-state index contributed by atoms with van der Waals surface area (Å²) in [5.41, 5.74) is 1.78. The Morgan fingerprint density at radius 2 is 2.00 bits per heavy atom. The third-order valence-corrected chi connectivity index (χ3v) is 6.63. The number of aryl methyl sites for hydroxylation is 1. The van der Waals surface area contributed by atoms with Gasteiger partial charge in [-0.2, -0.15) is 0 Å². The summed E-state index contributed by atoms with van der Waals surface area (Å²) in [5.74, 6) is 0.731. The van der Waals surface area contributed by atoms with Gasteiger partial charge in [-0.05, 0) is 37.0 Å². The van der Waals surface area contributed by atoms with Crippen molar-refractivity contribution in [3.8, 4) is 0 Å². The number of sulfone groups is 1. The van der Waals surface area contributed by atoms with E-state index in [9.17, 15) is 13.2 Å². The van der Waals surface area contributed by atoms with E-state index in [4.69, 9.17) is 0 Å². The molecule has 2 heterocycles. The van der Waals surface area contributed by atoms with Crippen molar-refractivity contribution in [3.05, 3.63) is 59.8 Å². The molecule has 0 radical (unpaired) electrons. The first kappa shape index (κ1) is 19.4. The Kier molecular flexibility index (Phi) is 6.11. The average Bonchev–Trinajstić information content (AvgIpc) is 3.05. The molecule has 1 saturated heterocycles. The van der Waals surface area contributed by atoms with Gasteiger partial charge < -0.3 is 10.2 Å². The van der Waals surface area contributed by atoms with Crippen molar-refractivity contribution in [2.45, 2.75) is 25.3 Å². The molecule has 27 heavy (non-hydrogen) atoms. The number of nitrogens with zero attached hydrogens (tertiary/aromatic N) is 2. The SMILES string of the molecule is CN(C(=O)c1ccc(NCCCc2ccccc2)nc1)C1CCS(=O)(=O)C1. The number of rotatable bonds is 7. The van der Waals surface area contributed by atoms with Crippen LogP contribution in [0.5, 0.6) is 0 Å². The lowest BCUT2D eigenvalue weighted by atomic mass is 10.1. The summed E-state index contributed by atoms with van der Waals surface area (Å²) in [4.78, 5) is 18.4. The number of amides is 1. The first-order valence-electron chi connectivity index (χ1n) is 9.16. The summed E-state index contributed by atoms with van der Waals surface area (Å²) < 4.78 is 23.2. The zero-order chi connectivity index (χ0) is 19.3. The van der Waals surface area contributed by atoms with Crippen molar-refractivity contribution in [2.24, 2.45) is 0 Å². The van der Waals surface area contributed by atoms with E-state index in [1.165, 1.54) is 10.5 Å². The lowest BCUT2D eigenvalue weighted by Crippen LogP contribution is -2.37. The molecule has 2 aromatic rings. The monoisotopic (exact) mass is 387 g/mol. The fourth-order valence-corrected chi connectivity index (χ4v) is 5.00. The molecule has 7 heteroatoms.